The van der Waals surface area contributed by atoms with E-state index in [1.165, 1.54) is 9.25 Å². The summed E-state index contributed by atoms with van der Waals surface area (Å²) in [4.78, 5) is 25.7. The molecule has 3 heterocycles. The van der Waals surface area contributed by atoms with Crippen molar-refractivity contribution in [3.63, 3.8) is 0 Å². The Morgan fingerprint density at radius 3 is 2.32 bits per heavy atom. The summed E-state index contributed by atoms with van der Waals surface area (Å²) >= 11 is 0. The summed E-state index contributed by atoms with van der Waals surface area (Å²) in [7, 11) is 0. The fraction of sp³-hybridized carbons (Fsp3) is 0.500. The van der Waals surface area contributed by atoms with E-state index in [9.17, 15) is 9.59 Å². The molecule has 0 saturated heterocycles. The smallest absolute Gasteiger partial charge is 0.245 e. The van der Waals surface area contributed by atoms with Gasteiger partial charge in [-0.2, -0.15) is 0 Å². The van der Waals surface area contributed by atoms with Crippen LogP contribution in [0.5, 0.6) is 0 Å². The molecule has 1 aromatic carbocycles. The highest BCUT2D eigenvalue weighted by atomic mass is 19.1. The molecule has 5 nitrogen and oxygen atoms in total. The maximum Gasteiger partial charge on any atom is 0.352 e. The van der Waals surface area contributed by atoms with Crippen LogP contribution >= 0.6 is 0 Å². The number of nitrogens with zero attached hydrogens (tertiary/aromatic N) is 3. The van der Waals surface area contributed by atoms with Crippen molar-refractivity contribution in [2.75, 3.05) is 0 Å². The van der Waals surface area contributed by atoms with Crippen molar-refractivity contribution in [2.45, 2.75) is 17.8 Å². The van der Waals surface area contributed by atoms with Crippen LogP contribution < -0.4 is 11.4 Å². The van der Waals surface area contributed by atoms with E-state index in [-0.39, 0.29) is 29.3 Å². The van der Waals surface area contributed by atoms with E-state index in [1.807, 2.05) is 6.07 Å². The van der Waals surface area contributed by atoms with E-state index >= 15 is 4.39 Å². The van der Waals surface area contributed by atoms with Gasteiger partial charge in [-0.05, 0) is 29.9 Å². The molecule has 2 aromatic rings. The van der Waals surface area contributed by atoms with Gasteiger partial charge in [-0.25, -0.2) is 27.9 Å². The number of hydrogen-bond donors (Lipinski definition) is 0. The summed E-state index contributed by atoms with van der Waals surface area (Å²) < 4.78 is 19.5. The molecule has 4 aliphatic carbocycles. The Kier molecular flexibility index (Phi) is 1.27. The Morgan fingerprint density at radius 1 is 0.909 bits per heavy atom. The average Bonchev–Trinajstić information content (AvgIpc) is 3.26. The zero-order chi connectivity index (χ0) is 14.5. The Morgan fingerprint density at radius 2 is 1.64 bits per heavy atom. The standard InChI is InChI=1S/C16H12FN3O2/c17-16-10-7-8-9(7)13(16)20-15(22)18(6-4-2-1-3-5-6)14(21)19(20)12(8)11(10)16/h1-5,7-13H/t7-,8-,9-,10+,11-,12+,13+,16+/m0/s1. The first-order chi connectivity index (χ1) is 10.7. The van der Waals surface area contributed by atoms with Crippen molar-refractivity contribution in [3.05, 3.63) is 51.3 Å². The van der Waals surface area contributed by atoms with E-state index in [0.717, 1.165) is 0 Å². The van der Waals surface area contributed by atoms with E-state index in [4.69, 9.17) is 0 Å². The molecule has 2 aliphatic heterocycles. The lowest BCUT2D eigenvalue weighted by molar-refractivity contribution is 0.0263. The Balaban J connectivity index is 1.59. The third kappa shape index (κ3) is 0.725. The van der Waals surface area contributed by atoms with Crippen LogP contribution in [0, 0.1) is 29.6 Å². The average molecular weight is 297 g/mol. The predicted octanol–water partition coefficient (Wildman–Crippen LogP) is 0.740. The van der Waals surface area contributed by atoms with Crippen molar-refractivity contribution in [2.24, 2.45) is 29.6 Å². The maximum absolute atomic E-state index is 15.2. The largest absolute Gasteiger partial charge is 0.352 e. The molecule has 1 aromatic heterocycles. The molecule has 0 radical (unpaired) electrons. The first-order valence-corrected chi connectivity index (χ1v) is 7.88. The molecule has 22 heavy (non-hydrogen) atoms. The molecule has 2 bridgehead atoms. The van der Waals surface area contributed by atoms with Crippen molar-refractivity contribution in [1.82, 2.24) is 13.9 Å². The molecule has 0 unspecified atom stereocenters. The summed E-state index contributed by atoms with van der Waals surface area (Å²) in [6.07, 6.45) is 0. The quantitative estimate of drug-likeness (QED) is 0.779. The van der Waals surface area contributed by atoms with Crippen molar-refractivity contribution in [1.29, 1.82) is 0 Å². The van der Waals surface area contributed by atoms with Gasteiger partial charge in [0.2, 0.25) is 0 Å². The molecule has 8 atom stereocenters. The van der Waals surface area contributed by atoms with Gasteiger partial charge in [0, 0.05) is 11.8 Å². The van der Waals surface area contributed by atoms with Crippen LogP contribution in [0.4, 0.5) is 4.39 Å². The lowest BCUT2D eigenvalue weighted by Crippen LogP contribution is -2.49. The molecule has 6 aliphatic rings. The molecular formula is C16H12FN3O2. The zero-order valence-corrected chi connectivity index (χ0v) is 11.5. The number of halogens is 1. The Hall–Kier alpha value is -2.11. The molecule has 0 N–H and O–H groups in total. The molecule has 0 amide bonds. The fourth-order valence-electron chi connectivity index (χ4n) is 6.57. The number of alkyl halides is 1. The van der Waals surface area contributed by atoms with Gasteiger partial charge in [0.25, 0.3) is 0 Å². The summed E-state index contributed by atoms with van der Waals surface area (Å²) in [6, 6.07) is 8.45. The third-order valence-corrected chi connectivity index (χ3v) is 7.05. The highest BCUT2D eigenvalue weighted by molar-refractivity contribution is 5.45. The van der Waals surface area contributed by atoms with Crippen LogP contribution in [0.3, 0.4) is 0 Å². The number of rotatable bonds is 1. The van der Waals surface area contributed by atoms with Crippen molar-refractivity contribution < 1.29 is 4.39 Å². The normalized spacial score (nSPS) is 50.1. The first kappa shape index (κ1) is 10.6. The number of benzene rings is 1. The highest BCUT2D eigenvalue weighted by Crippen LogP contribution is 2.94. The number of para-hydroxylation sites is 1. The summed E-state index contributed by atoms with van der Waals surface area (Å²) in [5, 5.41) is 0. The summed E-state index contributed by atoms with van der Waals surface area (Å²) in [5.41, 5.74) is -1.31. The topological polar surface area (TPSA) is 48.9 Å². The lowest BCUT2D eigenvalue weighted by atomic mass is 9.87. The molecular weight excluding hydrogens is 285 g/mol. The molecule has 6 heteroatoms. The highest BCUT2D eigenvalue weighted by Gasteiger charge is 2.98. The molecule has 110 valence electrons. The van der Waals surface area contributed by atoms with Crippen molar-refractivity contribution >= 4 is 0 Å². The summed E-state index contributed by atoms with van der Waals surface area (Å²) in [6.45, 7) is 0. The second kappa shape index (κ2) is 2.64. The molecule has 8 rings (SSSR count). The van der Waals surface area contributed by atoms with Gasteiger partial charge in [-0.1, -0.05) is 18.2 Å². The third-order valence-electron chi connectivity index (χ3n) is 7.05. The molecule has 4 fully saturated rings. The minimum absolute atomic E-state index is 0.0128. The van der Waals surface area contributed by atoms with Gasteiger partial charge < -0.3 is 0 Å². The van der Waals surface area contributed by atoms with Gasteiger partial charge >= 0.3 is 11.4 Å². The SMILES string of the molecule is O=c1n(-c2ccccc2)c(=O)n2n1[C@@H]1[C@H]3[C@H]4[C@@H]3[C@@H]2[C@@]2(F)[C@H]4[C@@H]12. The summed E-state index contributed by atoms with van der Waals surface area (Å²) in [5.74, 6) is 1.28. The van der Waals surface area contributed by atoms with Crippen LogP contribution in [-0.2, 0) is 0 Å². The first-order valence-electron chi connectivity index (χ1n) is 7.88. The second-order valence-electron chi connectivity index (χ2n) is 7.47. The number of hydrogen-bond acceptors (Lipinski definition) is 2. The maximum atomic E-state index is 15.2. The van der Waals surface area contributed by atoms with E-state index in [2.05, 4.69) is 0 Å². The monoisotopic (exact) mass is 297 g/mol. The predicted molar refractivity (Wildman–Crippen MR) is 73.7 cm³/mol. The Bertz CT molecular complexity index is 1000. The van der Waals surface area contributed by atoms with Crippen LogP contribution in [0.25, 0.3) is 5.69 Å². The molecule has 0 spiro atoms. The minimum atomic E-state index is -1.20. The van der Waals surface area contributed by atoms with Gasteiger partial charge in [-0.3, -0.25) is 0 Å². The van der Waals surface area contributed by atoms with E-state index in [0.29, 0.717) is 23.4 Å². The fourth-order valence-corrected chi connectivity index (χ4v) is 6.57. The van der Waals surface area contributed by atoms with Gasteiger partial charge in [-0.15, -0.1) is 0 Å². The van der Waals surface area contributed by atoms with Gasteiger partial charge in [0.15, 0.2) is 0 Å². The number of aromatic nitrogens is 3. The van der Waals surface area contributed by atoms with Crippen LogP contribution in [0.2, 0.25) is 0 Å². The minimum Gasteiger partial charge on any atom is -0.245 e. The van der Waals surface area contributed by atoms with Gasteiger partial charge in [0.05, 0.1) is 17.8 Å². The van der Waals surface area contributed by atoms with E-state index < -0.39 is 11.7 Å². The lowest BCUT2D eigenvalue weighted by Gasteiger charge is -2.39. The second-order valence-corrected chi connectivity index (χ2v) is 7.47. The van der Waals surface area contributed by atoms with E-state index in [1.54, 1.807) is 28.9 Å². The van der Waals surface area contributed by atoms with Crippen molar-refractivity contribution in [3.8, 4) is 5.69 Å². The van der Waals surface area contributed by atoms with Gasteiger partial charge in [0.1, 0.15) is 5.67 Å². The molecule has 4 saturated carbocycles. The van der Waals surface area contributed by atoms with Crippen LogP contribution in [0.1, 0.15) is 12.1 Å². The zero-order valence-electron chi connectivity index (χ0n) is 11.5. The van der Waals surface area contributed by atoms with Crippen LogP contribution in [-0.4, -0.2) is 19.6 Å². The van der Waals surface area contributed by atoms with Crippen LogP contribution in [0.15, 0.2) is 39.9 Å². The Labute approximate surface area is 123 Å².